The van der Waals surface area contributed by atoms with Crippen LogP contribution < -0.4 is 0 Å². The lowest BCUT2D eigenvalue weighted by atomic mass is 9.82. The zero-order chi connectivity index (χ0) is 20.9. The van der Waals surface area contributed by atoms with Gasteiger partial charge in [0.1, 0.15) is 24.9 Å². The molecule has 0 aliphatic heterocycles. The first-order valence-electron chi connectivity index (χ1n) is 9.05. The molecule has 0 spiro atoms. The van der Waals surface area contributed by atoms with E-state index in [1.54, 1.807) is 60.7 Å². The maximum absolute atomic E-state index is 12.3. The molecule has 0 saturated heterocycles. The van der Waals surface area contributed by atoms with Gasteiger partial charge in [-0.1, -0.05) is 42.5 Å². The van der Waals surface area contributed by atoms with E-state index in [4.69, 9.17) is 14.2 Å². The van der Waals surface area contributed by atoms with E-state index in [-0.39, 0.29) is 0 Å². The average Bonchev–Trinajstić information content (AvgIpc) is 2.76. The molecule has 7 nitrogen and oxygen atoms in total. The summed E-state index contributed by atoms with van der Waals surface area (Å²) < 4.78 is 15.8. The van der Waals surface area contributed by atoms with Gasteiger partial charge in [0.15, 0.2) is 5.60 Å². The molecule has 4 atom stereocenters. The number of hydrogen-bond acceptors (Lipinski definition) is 7. The van der Waals surface area contributed by atoms with Gasteiger partial charge in [0.2, 0.25) is 0 Å². The molecule has 2 N–H and O–H groups in total. The first-order chi connectivity index (χ1) is 14.0. The third kappa shape index (κ3) is 4.54. The largest absolute Gasteiger partial charge is 0.459 e. The summed E-state index contributed by atoms with van der Waals surface area (Å²) in [7, 11) is 1.35. The molecule has 29 heavy (non-hydrogen) atoms. The highest BCUT2D eigenvalue weighted by Gasteiger charge is 2.51. The van der Waals surface area contributed by atoms with Crippen molar-refractivity contribution in [3.63, 3.8) is 0 Å². The summed E-state index contributed by atoms with van der Waals surface area (Å²) in [5.41, 5.74) is -1.39. The second kappa shape index (κ2) is 9.00. The Labute approximate surface area is 168 Å². The molecule has 1 aliphatic carbocycles. The van der Waals surface area contributed by atoms with Crippen molar-refractivity contribution in [1.82, 2.24) is 0 Å². The Hall–Kier alpha value is -3.00. The van der Waals surface area contributed by atoms with Crippen LogP contribution in [0.5, 0.6) is 0 Å². The number of hydrogen-bond donors (Lipinski definition) is 2. The standard InChI is InChI=1S/C22H22O7/c1-27-18-13-12-17(29-21(25)16-10-6-3-7-11-16)19(23)22(18,26)14-28-20(24)15-8-4-2-5-9-15/h2-13,17-19,23,26H,14H2,1H3/t17-,18+,19-,22-/m0/s1. The predicted octanol–water partition coefficient (Wildman–Crippen LogP) is 1.75. The van der Waals surface area contributed by atoms with Crippen LogP contribution in [-0.4, -0.2) is 59.8 Å². The molecule has 0 amide bonds. The van der Waals surface area contributed by atoms with Crippen LogP contribution in [0.3, 0.4) is 0 Å². The van der Waals surface area contributed by atoms with Gasteiger partial charge in [-0.25, -0.2) is 9.59 Å². The molecule has 0 saturated carbocycles. The van der Waals surface area contributed by atoms with Gasteiger partial charge in [-0.15, -0.1) is 0 Å². The summed E-state index contributed by atoms with van der Waals surface area (Å²) >= 11 is 0. The van der Waals surface area contributed by atoms with Crippen molar-refractivity contribution in [2.75, 3.05) is 13.7 Å². The number of benzene rings is 2. The van der Waals surface area contributed by atoms with Crippen molar-refractivity contribution in [3.8, 4) is 0 Å². The molecule has 0 fully saturated rings. The summed E-state index contributed by atoms with van der Waals surface area (Å²) in [6, 6.07) is 16.5. The van der Waals surface area contributed by atoms with E-state index >= 15 is 0 Å². The van der Waals surface area contributed by atoms with Crippen molar-refractivity contribution >= 4 is 11.9 Å². The number of aliphatic hydroxyl groups is 2. The quantitative estimate of drug-likeness (QED) is 0.564. The summed E-state index contributed by atoms with van der Waals surface area (Å²) in [4.78, 5) is 24.5. The molecule has 0 bridgehead atoms. The minimum absolute atomic E-state index is 0.304. The van der Waals surface area contributed by atoms with Crippen molar-refractivity contribution in [2.45, 2.75) is 23.9 Å². The number of ether oxygens (including phenoxy) is 3. The summed E-state index contributed by atoms with van der Waals surface area (Å²) in [6.07, 6.45) is -0.782. The molecule has 0 unspecified atom stereocenters. The molecule has 1 aliphatic rings. The lowest BCUT2D eigenvalue weighted by Crippen LogP contribution is -2.62. The van der Waals surface area contributed by atoms with E-state index < -0.39 is 42.5 Å². The summed E-state index contributed by atoms with van der Waals surface area (Å²) in [5.74, 6) is -1.31. The van der Waals surface area contributed by atoms with Gasteiger partial charge in [0.25, 0.3) is 0 Å². The van der Waals surface area contributed by atoms with E-state index in [0.29, 0.717) is 11.1 Å². The highest BCUT2D eigenvalue weighted by Crippen LogP contribution is 2.29. The third-order valence-corrected chi connectivity index (χ3v) is 4.74. The number of methoxy groups -OCH3 is 1. The molecule has 2 aromatic carbocycles. The van der Waals surface area contributed by atoms with Crippen LogP contribution in [0.15, 0.2) is 72.8 Å². The van der Waals surface area contributed by atoms with Gasteiger partial charge in [-0.3, -0.25) is 0 Å². The Morgan fingerprint density at radius 2 is 1.48 bits per heavy atom. The number of carbonyl (C=O) groups is 2. The van der Waals surface area contributed by atoms with Gasteiger partial charge in [0.05, 0.1) is 11.1 Å². The molecule has 0 aromatic heterocycles. The second-order valence-electron chi connectivity index (χ2n) is 6.66. The van der Waals surface area contributed by atoms with Crippen LogP contribution in [0.1, 0.15) is 20.7 Å². The van der Waals surface area contributed by atoms with Gasteiger partial charge in [-0.05, 0) is 30.3 Å². The average molecular weight is 398 g/mol. The number of aliphatic hydroxyl groups excluding tert-OH is 1. The van der Waals surface area contributed by atoms with Crippen LogP contribution in [0, 0.1) is 0 Å². The normalized spacial score (nSPS) is 26.0. The van der Waals surface area contributed by atoms with E-state index in [1.807, 2.05) is 0 Å². The van der Waals surface area contributed by atoms with E-state index in [9.17, 15) is 19.8 Å². The molecular formula is C22H22O7. The number of rotatable bonds is 6. The van der Waals surface area contributed by atoms with Gasteiger partial charge in [0, 0.05) is 7.11 Å². The Balaban J connectivity index is 1.73. The minimum Gasteiger partial charge on any atom is -0.459 e. The fourth-order valence-corrected chi connectivity index (χ4v) is 3.09. The fraction of sp³-hybridized carbons (Fsp3) is 0.273. The molecular weight excluding hydrogens is 376 g/mol. The van der Waals surface area contributed by atoms with Crippen LogP contribution >= 0.6 is 0 Å². The van der Waals surface area contributed by atoms with E-state index in [1.165, 1.54) is 19.3 Å². The van der Waals surface area contributed by atoms with Crippen molar-refractivity contribution < 1.29 is 34.0 Å². The predicted molar refractivity (Wildman–Crippen MR) is 103 cm³/mol. The minimum atomic E-state index is -2.00. The summed E-state index contributed by atoms with van der Waals surface area (Å²) in [6.45, 7) is -0.551. The van der Waals surface area contributed by atoms with Crippen LogP contribution in [0.4, 0.5) is 0 Å². The van der Waals surface area contributed by atoms with E-state index in [2.05, 4.69) is 0 Å². The lowest BCUT2D eigenvalue weighted by molar-refractivity contribution is -0.189. The maximum Gasteiger partial charge on any atom is 0.338 e. The highest BCUT2D eigenvalue weighted by atomic mass is 16.6. The number of esters is 2. The Kier molecular flexibility index (Phi) is 6.43. The Morgan fingerprint density at radius 3 is 2.03 bits per heavy atom. The van der Waals surface area contributed by atoms with Gasteiger partial charge < -0.3 is 24.4 Å². The maximum atomic E-state index is 12.3. The first kappa shape index (κ1) is 20.7. The van der Waals surface area contributed by atoms with Crippen molar-refractivity contribution in [2.24, 2.45) is 0 Å². The smallest absolute Gasteiger partial charge is 0.338 e. The molecule has 7 heteroatoms. The number of carbonyl (C=O) groups excluding carboxylic acids is 2. The zero-order valence-corrected chi connectivity index (χ0v) is 15.8. The zero-order valence-electron chi connectivity index (χ0n) is 15.8. The Bertz CT molecular complexity index is 865. The molecule has 0 heterocycles. The van der Waals surface area contributed by atoms with E-state index in [0.717, 1.165) is 0 Å². The van der Waals surface area contributed by atoms with Crippen LogP contribution in [-0.2, 0) is 14.2 Å². The topological polar surface area (TPSA) is 102 Å². The van der Waals surface area contributed by atoms with Crippen LogP contribution in [0.2, 0.25) is 0 Å². The van der Waals surface area contributed by atoms with Crippen molar-refractivity contribution in [3.05, 3.63) is 83.9 Å². The molecule has 2 aromatic rings. The molecule has 152 valence electrons. The van der Waals surface area contributed by atoms with Gasteiger partial charge in [-0.2, -0.15) is 0 Å². The Morgan fingerprint density at radius 1 is 0.931 bits per heavy atom. The fourth-order valence-electron chi connectivity index (χ4n) is 3.09. The second-order valence-corrected chi connectivity index (χ2v) is 6.66. The SMILES string of the molecule is CO[C@@H]1C=C[C@H](OC(=O)c2ccccc2)[C@H](O)[C@]1(O)COC(=O)c1ccccc1. The third-order valence-electron chi connectivity index (χ3n) is 4.74. The van der Waals surface area contributed by atoms with Crippen LogP contribution in [0.25, 0.3) is 0 Å². The monoisotopic (exact) mass is 398 g/mol. The molecule has 3 rings (SSSR count). The van der Waals surface area contributed by atoms with Gasteiger partial charge >= 0.3 is 11.9 Å². The lowest BCUT2D eigenvalue weighted by Gasteiger charge is -2.42. The van der Waals surface area contributed by atoms with Crippen molar-refractivity contribution in [1.29, 1.82) is 0 Å². The first-order valence-corrected chi connectivity index (χ1v) is 9.05. The summed E-state index contributed by atoms with van der Waals surface area (Å²) in [5, 5.41) is 21.8. The highest BCUT2D eigenvalue weighted by molar-refractivity contribution is 5.90. The molecule has 0 radical (unpaired) electrons.